The van der Waals surface area contributed by atoms with Crippen LogP contribution in [-0.4, -0.2) is 23.4 Å². The molecule has 31 heavy (non-hydrogen) atoms. The van der Waals surface area contributed by atoms with E-state index in [1.165, 1.54) is 20.9 Å². The SMILES string of the molecule is CC[C@H](COc1ccc(Cc2ccc(-c3ccccc3)s2)cc1)C(=N)CCCC(=O)O. The van der Waals surface area contributed by atoms with E-state index >= 15 is 0 Å². The fraction of sp³-hybridized carbons (Fsp3) is 0.308. The Morgan fingerprint density at radius 1 is 1.03 bits per heavy atom. The molecule has 0 aliphatic rings. The molecule has 4 nitrogen and oxygen atoms in total. The topological polar surface area (TPSA) is 70.4 Å². The number of carboxylic acids is 1. The lowest BCUT2D eigenvalue weighted by molar-refractivity contribution is -0.137. The third kappa shape index (κ3) is 7.07. The maximum absolute atomic E-state index is 10.6. The van der Waals surface area contributed by atoms with Gasteiger partial charge in [0.1, 0.15) is 5.75 Å². The van der Waals surface area contributed by atoms with Crippen LogP contribution >= 0.6 is 11.3 Å². The zero-order chi connectivity index (χ0) is 22.1. The fourth-order valence-corrected chi connectivity index (χ4v) is 4.48. The van der Waals surface area contributed by atoms with E-state index in [2.05, 4.69) is 48.5 Å². The van der Waals surface area contributed by atoms with Gasteiger partial charge < -0.3 is 15.3 Å². The molecule has 5 heteroatoms. The number of rotatable bonds is 12. The molecule has 0 radical (unpaired) electrons. The minimum Gasteiger partial charge on any atom is -0.493 e. The third-order valence-corrected chi connectivity index (χ3v) is 6.43. The lowest BCUT2D eigenvalue weighted by atomic mass is 9.97. The van der Waals surface area contributed by atoms with Gasteiger partial charge >= 0.3 is 5.97 Å². The molecule has 0 fully saturated rings. The van der Waals surface area contributed by atoms with Gasteiger partial charge in [-0.2, -0.15) is 0 Å². The Bertz CT molecular complexity index is 979. The van der Waals surface area contributed by atoms with E-state index in [0.717, 1.165) is 18.6 Å². The van der Waals surface area contributed by atoms with Crippen molar-refractivity contribution in [3.05, 3.63) is 77.2 Å². The highest BCUT2D eigenvalue weighted by Crippen LogP contribution is 2.29. The number of nitrogens with one attached hydrogen (secondary N) is 1. The summed E-state index contributed by atoms with van der Waals surface area (Å²) in [6, 6.07) is 23.0. The molecule has 3 rings (SSSR count). The van der Waals surface area contributed by atoms with Crippen molar-refractivity contribution in [2.24, 2.45) is 5.92 Å². The number of carboxylic acid groups (broad SMARTS) is 1. The first-order chi connectivity index (χ1) is 15.0. The molecule has 0 unspecified atom stereocenters. The van der Waals surface area contributed by atoms with E-state index in [0.29, 0.717) is 25.2 Å². The molecule has 0 spiro atoms. The average Bonchev–Trinajstić information content (AvgIpc) is 3.24. The molecule has 3 aromatic rings. The standard InChI is InChI=1S/C26H29NO3S/c1-2-20(24(27)9-6-10-26(28)29)18-30-22-13-11-19(12-14-22)17-23-15-16-25(31-23)21-7-4-3-5-8-21/h3-5,7-8,11-16,20,27H,2,6,9-10,17-18H2,1H3,(H,28,29)/t20-/m1/s1. The molecule has 2 aromatic carbocycles. The van der Waals surface area contributed by atoms with Crippen LogP contribution in [0.5, 0.6) is 5.75 Å². The van der Waals surface area contributed by atoms with Crippen LogP contribution in [0.15, 0.2) is 66.7 Å². The van der Waals surface area contributed by atoms with Gasteiger partial charge in [0.15, 0.2) is 0 Å². The number of thiophene rings is 1. The summed E-state index contributed by atoms with van der Waals surface area (Å²) in [5, 5.41) is 17.0. The van der Waals surface area contributed by atoms with Gasteiger partial charge in [0, 0.05) is 34.2 Å². The van der Waals surface area contributed by atoms with Gasteiger partial charge in [-0.3, -0.25) is 4.79 Å². The lowest BCUT2D eigenvalue weighted by Gasteiger charge is -2.17. The summed E-state index contributed by atoms with van der Waals surface area (Å²) >= 11 is 1.82. The first-order valence-corrected chi connectivity index (χ1v) is 11.5. The molecule has 2 N–H and O–H groups in total. The molecule has 162 valence electrons. The van der Waals surface area contributed by atoms with E-state index in [1.807, 2.05) is 36.5 Å². The van der Waals surface area contributed by atoms with Gasteiger partial charge in [0.25, 0.3) is 0 Å². The predicted molar refractivity (Wildman–Crippen MR) is 127 cm³/mol. The molecule has 1 aromatic heterocycles. The van der Waals surface area contributed by atoms with Gasteiger partial charge in [-0.15, -0.1) is 11.3 Å². The highest BCUT2D eigenvalue weighted by Gasteiger charge is 2.14. The molecular weight excluding hydrogens is 406 g/mol. The molecule has 0 bridgehead atoms. The summed E-state index contributed by atoms with van der Waals surface area (Å²) in [7, 11) is 0. The van der Waals surface area contributed by atoms with Gasteiger partial charge in [-0.05, 0) is 54.7 Å². The summed E-state index contributed by atoms with van der Waals surface area (Å²) in [5.74, 6) is 0.0173. The zero-order valence-corrected chi connectivity index (χ0v) is 18.7. The van der Waals surface area contributed by atoms with E-state index in [4.69, 9.17) is 15.3 Å². The highest BCUT2D eigenvalue weighted by molar-refractivity contribution is 7.15. The number of benzene rings is 2. The van der Waals surface area contributed by atoms with Crippen molar-refractivity contribution >= 4 is 23.0 Å². The second-order valence-corrected chi connectivity index (χ2v) is 8.81. The summed E-state index contributed by atoms with van der Waals surface area (Å²) in [4.78, 5) is 13.3. The van der Waals surface area contributed by atoms with Crippen molar-refractivity contribution in [1.82, 2.24) is 0 Å². The van der Waals surface area contributed by atoms with Crippen LogP contribution in [0.4, 0.5) is 0 Å². The van der Waals surface area contributed by atoms with Crippen molar-refractivity contribution in [3.8, 4) is 16.2 Å². The second kappa shape index (κ2) is 11.5. The van der Waals surface area contributed by atoms with E-state index in [1.54, 1.807) is 0 Å². The number of ether oxygens (including phenoxy) is 1. The average molecular weight is 436 g/mol. The minimum absolute atomic E-state index is 0.0241. The fourth-order valence-electron chi connectivity index (χ4n) is 3.43. The van der Waals surface area contributed by atoms with Crippen molar-refractivity contribution in [2.75, 3.05) is 6.61 Å². The van der Waals surface area contributed by atoms with Crippen LogP contribution in [-0.2, 0) is 11.2 Å². The molecule has 1 heterocycles. The highest BCUT2D eigenvalue weighted by atomic mass is 32.1. The van der Waals surface area contributed by atoms with Crippen molar-refractivity contribution < 1.29 is 14.6 Å². The number of carbonyl (C=O) groups is 1. The monoisotopic (exact) mass is 435 g/mol. The van der Waals surface area contributed by atoms with Crippen LogP contribution < -0.4 is 4.74 Å². The second-order valence-electron chi connectivity index (χ2n) is 7.64. The maximum atomic E-state index is 10.6. The number of hydrogen-bond donors (Lipinski definition) is 2. The first kappa shape index (κ1) is 22.8. The molecule has 0 aliphatic carbocycles. The largest absolute Gasteiger partial charge is 0.493 e. The third-order valence-electron chi connectivity index (χ3n) is 5.30. The van der Waals surface area contributed by atoms with Crippen LogP contribution in [0.2, 0.25) is 0 Å². The Morgan fingerprint density at radius 2 is 1.77 bits per heavy atom. The maximum Gasteiger partial charge on any atom is 0.303 e. The Hall–Kier alpha value is -2.92. The van der Waals surface area contributed by atoms with Gasteiger partial charge in [-0.1, -0.05) is 49.4 Å². The molecule has 0 amide bonds. The smallest absolute Gasteiger partial charge is 0.303 e. The summed E-state index contributed by atoms with van der Waals surface area (Å²) in [6.45, 7) is 2.49. The Labute approximate surface area is 188 Å². The van der Waals surface area contributed by atoms with Crippen molar-refractivity contribution in [3.63, 3.8) is 0 Å². The molecular formula is C26H29NO3S. The van der Waals surface area contributed by atoms with Crippen LogP contribution in [0.25, 0.3) is 10.4 Å². The quantitative estimate of drug-likeness (QED) is 0.312. The van der Waals surface area contributed by atoms with E-state index in [9.17, 15) is 4.79 Å². The lowest BCUT2D eigenvalue weighted by Crippen LogP contribution is -2.21. The van der Waals surface area contributed by atoms with Gasteiger partial charge in [-0.25, -0.2) is 0 Å². The summed E-state index contributed by atoms with van der Waals surface area (Å²) in [6.07, 6.45) is 2.83. The molecule has 0 saturated heterocycles. The molecule has 0 aliphatic heterocycles. The van der Waals surface area contributed by atoms with Crippen LogP contribution in [0, 0.1) is 11.3 Å². The van der Waals surface area contributed by atoms with Crippen LogP contribution in [0.1, 0.15) is 43.0 Å². The normalized spacial score (nSPS) is 11.8. The number of aliphatic carboxylic acids is 1. The predicted octanol–water partition coefficient (Wildman–Crippen LogP) is 6.69. The van der Waals surface area contributed by atoms with E-state index < -0.39 is 5.97 Å². The van der Waals surface area contributed by atoms with Crippen molar-refractivity contribution in [1.29, 1.82) is 5.41 Å². The minimum atomic E-state index is -0.809. The van der Waals surface area contributed by atoms with E-state index in [-0.39, 0.29) is 12.3 Å². The van der Waals surface area contributed by atoms with Crippen molar-refractivity contribution in [2.45, 2.75) is 39.0 Å². The summed E-state index contributed by atoms with van der Waals surface area (Å²) in [5.41, 5.74) is 3.07. The van der Waals surface area contributed by atoms with Gasteiger partial charge in [0.05, 0.1) is 6.61 Å². The zero-order valence-electron chi connectivity index (χ0n) is 17.8. The van der Waals surface area contributed by atoms with Gasteiger partial charge in [0.2, 0.25) is 0 Å². The van der Waals surface area contributed by atoms with Crippen LogP contribution in [0.3, 0.4) is 0 Å². The first-order valence-electron chi connectivity index (χ1n) is 10.7. The Kier molecular flexibility index (Phi) is 8.42. The Balaban J connectivity index is 1.50. The Morgan fingerprint density at radius 3 is 2.45 bits per heavy atom. The molecule has 0 saturated carbocycles. The summed E-state index contributed by atoms with van der Waals surface area (Å²) < 4.78 is 5.92. The molecule has 1 atom stereocenters. The number of hydrogen-bond acceptors (Lipinski definition) is 4.